The summed E-state index contributed by atoms with van der Waals surface area (Å²) in [6.07, 6.45) is 0. The SMILES string of the molecule is CC(=S)c1ccc(F)c(C(N)=O)c1. The molecule has 0 aromatic heterocycles. The maximum absolute atomic E-state index is 12.9. The Morgan fingerprint density at radius 3 is 2.62 bits per heavy atom. The van der Waals surface area contributed by atoms with Gasteiger partial charge in [-0.05, 0) is 24.6 Å². The van der Waals surface area contributed by atoms with Crippen molar-refractivity contribution in [2.75, 3.05) is 0 Å². The van der Waals surface area contributed by atoms with Crippen molar-refractivity contribution in [3.63, 3.8) is 0 Å². The molecule has 0 bridgehead atoms. The number of nitrogens with two attached hydrogens (primary N) is 1. The van der Waals surface area contributed by atoms with Crippen molar-refractivity contribution in [2.24, 2.45) is 5.73 Å². The highest BCUT2D eigenvalue weighted by Crippen LogP contribution is 2.10. The molecule has 68 valence electrons. The smallest absolute Gasteiger partial charge is 0.251 e. The quantitative estimate of drug-likeness (QED) is 0.578. The first-order chi connectivity index (χ1) is 6.02. The van der Waals surface area contributed by atoms with Gasteiger partial charge < -0.3 is 5.73 Å². The van der Waals surface area contributed by atoms with Gasteiger partial charge in [0.1, 0.15) is 5.82 Å². The standard InChI is InChI=1S/C9H8FNOS/c1-5(13)6-2-3-8(10)7(4-6)9(11)12/h2-4H,1H3,(H2,11,12). The van der Waals surface area contributed by atoms with Crippen LogP contribution < -0.4 is 5.73 Å². The van der Waals surface area contributed by atoms with Crippen LogP contribution >= 0.6 is 12.2 Å². The van der Waals surface area contributed by atoms with E-state index in [1.54, 1.807) is 6.92 Å². The fraction of sp³-hybridized carbons (Fsp3) is 0.111. The monoisotopic (exact) mass is 197 g/mol. The molecule has 2 N–H and O–H groups in total. The van der Waals surface area contributed by atoms with Crippen LogP contribution in [-0.4, -0.2) is 10.8 Å². The third kappa shape index (κ3) is 2.09. The largest absolute Gasteiger partial charge is 0.366 e. The summed E-state index contributed by atoms with van der Waals surface area (Å²) in [6.45, 7) is 1.70. The minimum absolute atomic E-state index is 0.123. The molecule has 1 aromatic rings. The predicted octanol–water partition coefficient (Wildman–Crippen LogP) is 1.66. The van der Waals surface area contributed by atoms with Gasteiger partial charge in [-0.1, -0.05) is 18.3 Å². The van der Waals surface area contributed by atoms with Crippen molar-refractivity contribution < 1.29 is 9.18 Å². The molecule has 13 heavy (non-hydrogen) atoms. The van der Waals surface area contributed by atoms with Gasteiger partial charge in [-0.15, -0.1) is 0 Å². The predicted molar refractivity (Wildman–Crippen MR) is 52.3 cm³/mol. The second kappa shape index (κ2) is 3.62. The number of carbonyl (C=O) groups excluding carboxylic acids is 1. The highest BCUT2D eigenvalue weighted by Gasteiger charge is 2.09. The van der Waals surface area contributed by atoms with E-state index < -0.39 is 11.7 Å². The van der Waals surface area contributed by atoms with Crippen LogP contribution in [0, 0.1) is 5.82 Å². The Labute approximate surface area is 80.6 Å². The van der Waals surface area contributed by atoms with Crippen LogP contribution in [0.2, 0.25) is 0 Å². The van der Waals surface area contributed by atoms with E-state index in [4.69, 9.17) is 18.0 Å². The summed E-state index contributed by atoms with van der Waals surface area (Å²) in [5.41, 5.74) is 5.48. The molecular formula is C9H8FNOS. The maximum Gasteiger partial charge on any atom is 0.251 e. The average molecular weight is 197 g/mol. The zero-order chi connectivity index (χ0) is 10.0. The molecule has 0 saturated heterocycles. The normalized spacial score (nSPS) is 9.69. The lowest BCUT2D eigenvalue weighted by molar-refractivity contribution is 0.0996. The first-order valence-electron chi connectivity index (χ1n) is 3.62. The topological polar surface area (TPSA) is 43.1 Å². The van der Waals surface area contributed by atoms with Gasteiger partial charge >= 0.3 is 0 Å². The van der Waals surface area contributed by atoms with Crippen LogP contribution in [-0.2, 0) is 0 Å². The number of hydrogen-bond acceptors (Lipinski definition) is 2. The second-order valence-corrected chi connectivity index (χ2v) is 3.23. The first kappa shape index (κ1) is 9.80. The molecule has 0 aliphatic carbocycles. The van der Waals surface area contributed by atoms with Gasteiger partial charge in [0.05, 0.1) is 5.56 Å². The van der Waals surface area contributed by atoms with Crippen molar-refractivity contribution in [1.29, 1.82) is 0 Å². The van der Waals surface area contributed by atoms with Crippen LogP contribution in [0.3, 0.4) is 0 Å². The van der Waals surface area contributed by atoms with Gasteiger partial charge in [0.25, 0.3) is 5.91 Å². The average Bonchev–Trinajstić information content (AvgIpc) is 2.04. The summed E-state index contributed by atoms with van der Waals surface area (Å²) >= 11 is 4.88. The van der Waals surface area contributed by atoms with E-state index in [-0.39, 0.29) is 5.56 Å². The third-order valence-electron chi connectivity index (χ3n) is 1.64. The molecule has 0 radical (unpaired) electrons. The van der Waals surface area contributed by atoms with Crippen LogP contribution in [0.4, 0.5) is 4.39 Å². The van der Waals surface area contributed by atoms with E-state index >= 15 is 0 Å². The fourth-order valence-corrected chi connectivity index (χ4v) is 1.06. The Morgan fingerprint density at radius 2 is 2.15 bits per heavy atom. The highest BCUT2D eigenvalue weighted by atomic mass is 32.1. The summed E-state index contributed by atoms with van der Waals surface area (Å²) < 4.78 is 12.9. The van der Waals surface area contributed by atoms with Gasteiger partial charge in [-0.2, -0.15) is 0 Å². The molecule has 0 spiro atoms. The van der Waals surface area contributed by atoms with E-state index in [1.165, 1.54) is 18.2 Å². The van der Waals surface area contributed by atoms with E-state index in [1.807, 2.05) is 0 Å². The number of carbonyl (C=O) groups is 1. The lowest BCUT2D eigenvalue weighted by atomic mass is 10.1. The van der Waals surface area contributed by atoms with E-state index in [0.29, 0.717) is 10.4 Å². The summed E-state index contributed by atoms with van der Waals surface area (Å²) in [6, 6.07) is 4.06. The molecule has 0 aliphatic rings. The molecule has 0 fully saturated rings. The van der Waals surface area contributed by atoms with Crippen molar-refractivity contribution >= 4 is 23.0 Å². The van der Waals surface area contributed by atoms with E-state index in [2.05, 4.69) is 0 Å². The number of rotatable bonds is 2. The number of amides is 1. The Kier molecular flexibility index (Phi) is 2.72. The van der Waals surface area contributed by atoms with E-state index in [9.17, 15) is 9.18 Å². The van der Waals surface area contributed by atoms with Gasteiger partial charge in [-0.25, -0.2) is 4.39 Å². The molecule has 1 amide bonds. The van der Waals surface area contributed by atoms with Gasteiger partial charge in [0.15, 0.2) is 0 Å². The maximum atomic E-state index is 12.9. The van der Waals surface area contributed by atoms with Crippen LogP contribution in [0.5, 0.6) is 0 Å². The Balaban J connectivity index is 3.27. The summed E-state index contributed by atoms with van der Waals surface area (Å²) in [5, 5.41) is 0. The molecule has 1 aromatic carbocycles. The summed E-state index contributed by atoms with van der Waals surface area (Å²) in [4.78, 5) is 11.3. The molecule has 0 heterocycles. The van der Waals surface area contributed by atoms with Crippen molar-refractivity contribution in [1.82, 2.24) is 0 Å². The minimum atomic E-state index is -0.782. The van der Waals surface area contributed by atoms with Crippen LogP contribution in [0.15, 0.2) is 18.2 Å². The zero-order valence-electron chi connectivity index (χ0n) is 7.00. The number of thiocarbonyl (C=S) groups is 1. The van der Waals surface area contributed by atoms with Crippen molar-refractivity contribution in [3.05, 3.63) is 35.1 Å². The zero-order valence-corrected chi connectivity index (χ0v) is 7.82. The molecule has 0 unspecified atom stereocenters. The van der Waals surface area contributed by atoms with Gasteiger partial charge in [0.2, 0.25) is 0 Å². The lowest BCUT2D eigenvalue weighted by Crippen LogP contribution is -2.13. The molecule has 1 rings (SSSR count). The first-order valence-corrected chi connectivity index (χ1v) is 4.03. The molecule has 0 atom stereocenters. The van der Waals surface area contributed by atoms with Crippen LogP contribution in [0.1, 0.15) is 22.8 Å². The van der Waals surface area contributed by atoms with Gasteiger partial charge in [-0.3, -0.25) is 4.79 Å². The summed E-state index contributed by atoms with van der Waals surface area (Å²) in [5.74, 6) is -1.40. The Bertz CT molecular complexity index is 376. The Morgan fingerprint density at radius 1 is 1.54 bits per heavy atom. The lowest BCUT2D eigenvalue weighted by Gasteiger charge is -2.01. The van der Waals surface area contributed by atoms with Crippen LogP contribution in [0.25, 0.3) is 0 Å². The minimum Gasteiger partial charge on any atom is -0.366 e. The van der Waals surface area contributed by atoms with Gasteiger partial charge in [0, 0.05) is 4.86 Å². The number of primary amides is 1. The number of halogens is 1. The molecule has 0 aliphatic heterocycles. The second-order valence-electron chi connectivity index (χ2n) is 2.62. The number of benzene rings is 1. The highest BCUT2D eigenvalue weighted by molar-refractivity contribution is 7.80. The fourth-order valence-electron chi connectivity index (χ4n) is 0.933. The van der Waals surface area contributed by atoms with E-state index in [0.717, 1.165) is 0 Å². The van der Waals surface area contributed by atoms with Crippen molar-refractivity contribution in [2.45, 2.75) is 6.92 Å². The number of hydrogen-bond donors (Lipinski definition) is 1. The molecule has 4 heteroatoms. The third-order valence-corrected chi connectivity index (χ3v) is 1.87. The molecule has 2 nitrogen and oxygen atoms in total. The molecular weight excluding hydrogens is 189 g/mol. The summed E-state index contributed by atoms with van der Waals surface area (Å²) in [7, 11) is 0. The molecule has 0 saturated carbocycles. The van der Waals surface area contributed by atoms with Crippen molar-refractivity contribution in [3.8, 4) is 0 Å². The Hall–Kier alpha value is -1.29.